The third-order valence-corrected chi connectivity index (χ3v) is 3.20. The molecule has 0 saturated heterocycles. The molecule has 0 unspecified atom stereocenters. The molecular formula is C16H12ClN3O. The number of methoxy groups -OCH3 is 1. The third-order valence-electron chi connectivity index (χ3n) is 2.97. The van der Waals surface area contributed by atoms with E-state index in [2.05, 4.69) is 17.5 Å². The van der Waals surface area contributed by atoms with E-state index in [4.69, 9.17) is 26.9 Å². The highest BCUT2D eigenvalue weighted by Gasteiger charge is 2.06. The van der Waals surface area contributed by atoms with Crippen molar-refractivity contribution in [2.24, 2.45) is 0 Å². The molecule has 0 aliphatic carbocycles. The maximum absolute atomic E-state index is 9.07. The number of halogens is 1. The number of benzene rings is 2. The number of nitrogens with zero attached hydrogens (tertiary/aromatic N) is 2. The molecular weight excluding hydrogens is 286 g/mol. The van der Waals surface area contributed by atoms with Crippen molar-refractivity contribution >= 4 is 17.3 Å². The van der Waals surface area contributed by atoms with E-state index in [1.54, 1.807) is 30.3 Å². The van der Waals surface area contributed by atoms with Crippen LogP contribution in [0.2, 0.25) is 5.02 Å². The molecule has 0 fully saturated rings. The van der Waals surface area contributed by atoms with Gasteiger partial charge < -0.3 is 10.1 Å². The van der Waals surface area contributed by atoms with Crippen LogP contribution in [-0.4, -0.2) is 7.11 Å². The lowest BCUT2D eigenvalue weighted by atomic mass is 10.1. The van der Waals surface area contributed by atoms with Gasteiger partial charge >= 0.3 is 0 Å². The zero-order valence-corrected chi connectivity index (χ0v) is 12.1. The van der Waals surface area contributed by atoms with Crippen LogP contribution in [0.5, 0.6) is 5.75 Å². The molecule has 0 heterocycles. The number of ether oxygens (including phenoxy) is 1. The maximum atomic E-state index is 9.07. The van der Waals surface area contributed by atoms with Crippen molar-refractivity contribution in [1.82, 2.24) is 0 Å². The van der Waals surface area contributed by atoms with E-state index in [-0.39, 0.29) is 0 Å². The zero-order valence-electron chi connectivity index (χ0n) is 11.4. The number of rotatable bonds is 4. The van der Waals surface area contributed by atoms with Crippen LogP contribution in [0.25, 0.3) is 0 Å². The van der Waals surface area contributed by atoms with Crippen LogP contribution in [0.15, 0.2) is 36.4 Å². The van der Waals surface area contributed by atoms with Crippen LogP contribution in [0, 0.1) is 22.7 Å². The van der Waals surface area contributed by atoms with Crippen LogP contribution in [0.3, 0.4) is 0 Å². The highest BCUT2D eigenvalue weighted by atomic mass is 35.5. The predicted molar refractivity (Wildman–Crippen MR) is 81.2 cm³/mol. The Bertz CT molecular complexity index is 744. The molecule has 1 N–H and O–H groups in total. The molecule has 2 rings (SSSR count). The van der Waals surface area contributed by atoms with Crippen molar-refractivity contribution in [2.45, 2.75) is 6.54 Å². The number of anilines is 1. The lowest BCUT2D eigenvalue weighted by Gasteiger charge is -2.10. The SMILES string of the molecule is COc1ccc(CNc2cc(Cl)ccc2C#N)cc1C#N. The van der Waals surface area contributed by atoms with Gasteiger partial charge in [0.05, 0.1) is 23.9 Å². The summed E-state index contributed by atoms with van der Waals surface area (Å²) < 4.78 is 5.10. The van der Waals surface area contributed by atoms with Gasteiger partial charge in [0.1, 0.15) is 17.9 Å². The molecule has 104 valence electrons. The van der Waals surface area contributed by atoms with Crippen molar-refractivity contribution < 1.29 is 4.74 Å². The van der Waals surface area contributed by atoms with Crippen LogP contribution in [0.4, 0.5) is 5.69 Å². The summed E-state index contributed by atoms with van der Waals surface area (Å²) in [7, 11) is 1.53. The molecule has 0 radical (unpaired) electrons. The Balaban J connectivity index is 2.19. The fraction of sp³-hybridized carbons (Fsp3) is 0.125. The quantitative estimate of drug-likeness (QED) is 0.934. The summed E-state index contributed by atoms with van der Waals surface area (Å²) in [5.41, 5.74) is 2.58. The third kappa shape index (κ3) is 3.45. The summed E-state index contributed by atoms with van der Waals surface area (Å²) in [4.78, 5) is 0. The minimum atomic E-state index is 0.475. The van der Waals surface area contributed by atoms with Gasteiger partial charge in [0.25, 0.3) is 0 Å². The van der Waals surface area contributed by atoms with Gasteiger partial charge in [-0.15, -0.1) is 0 Å². The van der Waals surface area contributed by atoms with E-state index >= 15 is 0 Å². The van der Waals surface area contributed by atoms with Crippen molar-refractivity contribution in [3.63, 3.8) is 0 Å². The van der Waals surface area contributed by atoms with Gasteiger partial charge in [0.2, 0.25) is 0 Å². The molecule has 2 aromatic rings. The standard InChI is InChI=1S/C16H12ClN3O/c1-21-16-5-2-11(6-13(16)9-19)10-20-15-7-14(17)4-3-12(15)8-18/h2-7,20H,10H2,1H3. The Morgan fingerprint density at radius 1 is 1.10 bits per heavy atom. The lowest BCUT2D eigenvalue weighted by Crippen LogP contribution is -2.02. The number of nitriles is 2. The Kier molecular flexibility index (Phi) is 4.66. The Labute approximate surface area is 128 Å². The van der Waals surface area contributed by atoms with Crippen LogP contribution >= 0.6 is 11.6 Å². The molecule has 0 aliphatic heterocycles. The van der Waals surface area contributed by atoms with Gasteiger partial charge in [-0.3, -0.25) is 0 Å². The van der Waals surface area contributed by atoms with Gasteiger partial charge in [0, 0.05) is 11.6 Å². The Morgan fingerprint density at radius 3 is 2.52 bits per heavy atom. The van der Waals surface area contributed by atoms with Crippen LogP contribution < -0.4 is 10.1 Å². The molecule has 0 atom stereocenters. The first-order chi connectivity index (χ1) is 10.2. The van der Waals surface area contributed by atoms with Crippen LogP contribution in [-0.2, 0) is 6.54 Å². The smallest absolute Gasteiger partial charge is 0.136 e. The van der Waals surface area contributed by atoms with E-state index in [0.717, 1.165) is 5.56 Å². The molecule has 2 aromatic carbocycles. The predicted octanol–water partition coefficient (Wildman–Crippen LogP) is 3.70. The number of hydrogen-bond acceptors (Lipinski definition) is 4. The largest absolute Gasteiger partial charge is 0.495 e. The van der Waals surface area contributed by atoms with Crippen molar-refractivity contribution in [3.05, 3.63) is 58.1 Å². The van der Waals surface area contributed by atoms with Crippen LogP contribution in [0.1, 0.15) is 16.7 Å². The average Bonchev–Trinajstić information content (AvgIpc) is 2.52. The highest BCUT2D eigenvalue weighted by molar-refractivity contribution is 6.30. The van der Waals surface area contributed by atoms with Crippen molar-refractivity contribution in [2.75, 3.05) is 12.4 Å². The van der Waals surface area contributed by atoms with Gasteiger partial charge in [0.15, 0.2) is 0 Å². The normalized spacial score (nSPS) is 9.52. The fourth-order valence-corrected chi connectivity index (χ4v) is 2.08. The Hall–Kier alpha value is -2.69. The number of hydrogen-bond donors (Lipinski definition) is 1. The van der Waals surface area contributed by atoms with E-state index in [9.17, 15) is 0 Å². The monoisotopic (exact) mass is 297 g/mol. The average molecular weight is 298 g/mol. The molecule has 5 heteroatoms. The second kappa shape index (κ2) is 6.65. The van der Waals surface area contributed by atoms with Gasteiger partial charge in [-0.05, 0) is 35.9 Å². The first kappa shape index (κ1) is 14.7. The van der Waals surface area contributed by atoms with Gasteiger partial charge in [-0.2, -0.15) is 10.5 Å². The first-order valence-electron chi connectivity index (χ1n) is 6.18. The fourth-order valence-electron chi connectivity index (χ4n) is 1.91. The van der Waals surface area contributed by atoms with Crippen molar-refractivity contribution in [1.29, 1.82) is 10.5 Å². The molecule has 21 heavy (non-hydrogen) atoms. The minimum Gasteiger partial charge on any atom is -0.495 e. The van der Waals surface area contributed by atoms with E-state index in [0.29, 0.717) is 34.1 Å². The lowest BCUT2D eigenvalue weighted by molar-refractivity contribution is 0.413. The van der Waals surface area contributed by atoms with E-state index < -0.39 is 0 Å². The first-order valence-corrected chi connectivity index (χ1v) is 6.56. The molecule has 0 spiro atoms. The summed E-state index contributed by atoms with van der Waals surface area (Å²) in [5.74, 6) is 0.543. The summed E-state index contributed by atoms with van der Waals surface area (Å²) in [5, 5.41) is 21.8. The topological polar surface area (TPSA) is 68.8 Å². The summed E-state index contributed by atoms with van der Waals surface area (Å²) in [6.45, 7) is 0.480. The molecule has 0 aromatic heterocycles. The molecule has 0 saturated carbocycles. The molecule has 0 bridgehead atoms. The van der Waals surface area contributed by atoms with Gasteiger partial charge in [-0.1, -0.05) is 17.7 Å². The van der Waals surface area contributed by atoms with Crippen molar-refractivity contribution in [3.8, 4) is 17.9 Å². The second-order valence-electron chi connectivity index (χ2n) is 4.30. The summed E-state index contributed by atoms with van der Waals surface area (Å²) in [6, 6.07) is 14.6. The molecule has 0 aliphatic rings. The molecule has 0 amide bonds. The summed E-state index contributed by atoms with van der Waals surface area (Å²) in [6.07, 6.45) is 0. The zero-order chi connectivity index (χ0) is 15.2. The van der Waals surface area contributed by atoms with E-state index in [1.807, 2.05) is 6.07 Å². The Morgan fingerprint density at radius 2 is 1.86 bits per heavy atom. The minimum absolute atomic E-state index is 0.475. The maximum Gasteiger partial charge on any atom is 0.136 e. The summed E-state index contributed by atoms with van der Waals surface area (Å²) >= 11 is 5.93. The van der Waals surface area contributed by atoms with Gasteiger partial charge in [-0.25, -0.2) is 0 Å². The van der Waals surface area contributed by atoms with E-state index in [1.165, 1.54) is 7.11 Å². The molecule has 4 nitrogen and oxygen atoms in total. The number of nitrogens with one attached hydrogen (secondary N) is 1. The highest BCUT2D eigenvalue weighted by Crippen LogP contribution is 2.23. The second-order valence-corrected chi connectivity index (χ2v) is 4.74.